The van der Waals surface area contributed by atoms with Crippen molar-refractivity contribution in [2.75, 3.05) is 18.1 Å². The van der Waals surface area contributed by atoms with Crippen LogP contribution >= 0.6 is 23.1 Å². The number of nitrogens with zero attached hydrogens (tertiary/aromatic N) is 5. The van der Waals surface area contributed by atoms with Gasteiger partial charge in [-0.1, -0.05) is 67.1 Å². The molecule has 1 aliphatic rings. The second kappa shape index (κ2) is 14.8. The minimum absolute atomic E-state index is 0.121. The Hall–Kier alpha value is -4.75. The van der Waals surface area contributed by atoms with E-state index >= 15 is 0 Å². The molecular weight excluding hydrogens is 666 g/mol. The highest BCUT2D eigenvalue weighted by Crippen LogP contribution is 2.46. The standard InChI is InChI=1S/C36H36FN5O5S2/c1-5-7-8-18-47-26-16-13-24(19-27(26)46-6-2)30-28(31(43)29-22(4)41-17-9-10-21(3)33(41)38-29)32(44)34(45)42(30)35-39-40-36(49-35)48-20-23-11-14-25(37)15-12-23/h9-17,19,30,43H,5-8,18,20H2,1-4H3/b31-28+. The van der Waals surface area contributed by atoms with Gasteiger partial charge in [-0.25, -0.2) is 9.37 Å². The van der Waals surface area contributed by atoms with Gasteiger partial charge in [0.1, 0.15) is 17.2 Å². The number of fused-ring (bicyclic) bond motifs is 1. The number of imidazole rings is 1. The highest BCUT2D eigenvalue weighted by Gasteiger charge is 2.49. The number of benzene rings is 2. The van der Waals surface area contributed by atoms with Gasteiger partial charge in [-0.15, -0.1) is 10.2 Å². The Balaban J connectivity index is 1.44. The van der Waals surface area contributed by atoms with Crippen LogP contribution in [0.4, 0.5) is 9.52 Å². The van der Waals surface area contributed by atoms with E-state index in [4.69, 9.17) is 14.5 Å². The molecule has 1 atom stereocenters. The van der Waals surface area contributed by atoms with Crippen molar-refractivity contribution < 1.29 is 28.6 Å². The minimum Gasteiger partial charge on any atom is -0.505 e. The molecule has 10 nitrogen and oxygen atoms in total. The Morgan fingerprint density at radius 1 is 1.02 bits per heavy atom. The number of hydrogen-bond donors (Lipinski definition) is 1. The molecular formula is C36H36FN5O5S2. The topological polar surface area (TPSA) is 119 Å². The average molecular weight is 702 g/mol. The van der Waals surface area contributed by atoms with Crippen LogP contribution in [0.5, 0.6) is 11.5 Å². The SMILES string of the molecule is CCCCCOc1ccc(C2/C(=C(\O)c3nc4c(C)cccn4c3C)C(=O)C(=O)N2c2nnc(SCc3ccc(F)cc3)s2)cc1OCC. The molecule has 4 heterocycles. The van der Waals surface area contributed by atoms with Crippen molar-refractivity contribution >= 4 is 51.3 Å². The molecule has 1 aliphatic heterocycles. The molecule has 6 rings (SSSR count). The Morgan fingerprint density at radius 2 is 1.82 bits per heavy atom. The number of hydrogen-bond acceptors (Lipinski definition) is 10. The predicted molar refractivity (Wildman–Crippen MR) is 188 cm³/mol. The molecule has 1 amide bonds. The van der Waals surface area contributed by atoms with Crippen molar-refractivity contribution in [2.24, 2.45) is 0 Å². The van der Waals surface area contributed by atoms with Gasteiger partial charge in [0.15, 0.2) is 21.6 Å². The number of aromatic nitrogens is 4. The van der Waals surface area contributed by atoms with Crippen LogP contribution in [0.25, 0.3) is 11.4 Å². The van der Waals surface area contributed by atoms with Crippen LogP contribution < -0.4 is 14.4 Å². The van der Waals surface area contributed by atoms with Crippen molar-refractivity contribution in [1.82, 2.24) is 19.6 Å². The van der Waals surface area contributed by atoms with Crippen LogP contribution in [0.2, 0.25) is 0 Å². The number of Topliss-reactive ketones (excluding diaryl/α,β-unsaturated/α-hetero) is 1. The van der Waals surface area contributed by atoms with Gasteiger partial charge < -0.3 is 19.0 Å². The maximum Gasteiger partial charge on any atom is 0.301 e. The highest BCUT2D eigenvalue weighted by atomic mass is 32.2. The second-order valence-corrected chi connectivity index (χ2v) is 13.7. The van der Waals surface area contributed by atoms with E-state index in [-0.39, 0.29) is 28.0 Å². The zero-order chi connectivity index (χ0) is 34.7. The largest absolute Gasteiger partial charge is 0.505 e. The Labute approximate surface area is 291 Å². The van der Waals surface area contributed by atoms with Gasteiger partial charge in [0.2, 0.25) is 5.13 Å². The van der Waals surface area contributed by atoms with E-state index in [0.717, 1.165) is 41.7 Å². The van der Waals surface area contributed by atoms with E-state index in [1.54, 1.807) is 37.3 Å². The van der Waals surface area contributed by atoms with Gasteiger partial charge in [0, 0.05) is 11.9 Å². The molecule has 254 valence electrons. The zero-order valence-electron chi connectivity index (χ0n) is 27.6. The number of amides is 1. The van der Waals surface area contributed by atoms with Crippen LogP contribution in [0.15, 0.2) is 70.7 Å². The number of halogens is 1. The summed E-state index contributed by atoms with van der Waals surface area (Å²) >= 11 is 2.53. The van der Waals surface area contributed by atoms with Crippen molar-refractivity contribution in [3.05, 3.63) is 100 Å². The lowest BCUT2D eigenvalue weighted by molar-refractivity contribution is -0.132. The summed E-state index contributed by atoms with van der Waals surface area (Å²) in [4.78, 5) is 33.8. The van der Waals surface area contributed by atoms with Crippen LogP contribution in [0.3, 0.4) is 0 Å². The van der Waals surface area contributed by atoms with E-state index in [0.29, 0.717) is 51.7 Å². The Bertz CT molecular complexity index is 2040. The summed E-state index contributed by atoms with van der Waals surface area (Å²) in [6.45, 7) is 8.57. The van der Waals surface area contributed by atoms with Crippen LogP contribution in [0, 0.1) is 19.7 Å². The number of carbonyl (C=O) groups excluding carboxylic acids is 2. The van der Waals surface area contributed by atoms with Gasteiger partial charge in [-0.05, 0) is 74.2 Å². The summed E-state index contributed by atoms with van der Waals surface area (Å²) in [5.41, 5.74) is 3.61. The van der Waals surface area contributed by atoms with Gasteiger partial charge >= 0.3 is 5.91 Å². The van der Waals surface area contributed by atoms with Gasteiger partial charge in [-0.3, -0.25) is 14.5 Å². The lowest BCUT2D eigenvalue weighted by Crippen LogP contribution is -2.29. The van der Waals surface area contributed by atoms with E-state index in [1.807, 2.05) is 36.6 Å². The first kappa shape index (κ1) is 34.1. The molecule has 0 bridgehead atoms. The number of anilines is 1. The number of carbonyl (C=O) groups is 2. The lowest BCUT2D eigenvalue weighted by atomic mass is 9.96. The fourth-order valence-corrected chi connectivity index (χ4v) is 7.54. The molecule has 49 heavy (non-hydrogen) atoms. The fraction of sp³-hybridized carbons (Fsp3) is 0.306. The highest BCUT2D eigenvalue weighted by molar-refractivity contribution is 8.00. The molecule has 13 heteroatoms. The summed E-state index contributed by atoms with van der Waals surface area (Å²) in [5.74, 6) is -0.937. The van der Waals surface area contributed by atoms with Crippen LogP contribution in [0.1, 0.15) is 67.2 Å². The number of aliphatic hydroxyl groups is 1. The summed E-state index contributed by atoms with van der Waals surface area (Å²) in [5, 5.41) is 20.7. The summed E-state index contributed by atoms with van der Waals surface area (Å²) in [6, 6.07) is 14.2. The molecule has 3 aromatic heterocycles. The average Bonchev–Trinajstić information content (AvgIpc) is 3.78. The summed E-state index contributed by atoms with van der Waals surface area (Å²) < 4.78 is 27.8. The number of unbranched alkanes of at least 4 members (excludes halogenated alkanes) is 2. The smallest absolute Gasteiger partial charge is 0.301 e. The van der Waals surface area contributed by atoms with E-state index in [9.17, 15) is 19.1 Å². The Morgan fingerprint density at radius 3 is 2.55 bits per heavy atom. The number of rotatable bonds is 13. The van der Waals surface area contributed by atoms with Crippen LogP contribution in [-0.2, 0) is 15.3 Å². The molecule has 5 aromatic rings. The maximum absolute atomic E-state index is 13.9. The maximum atomic E-state index is 13.9. The molecule has 0 saturated carbocycles. The van der Waals surface area contributed by atoms with E-state index in [1.165, 1.54) is 28.8 Å². The van der Waals surface area contributed by atoms with E-state index in [2.05, 4.69) is 17.1 Å². The number of aryl methyl sites for hydroxylation is 2. The summed E-state index contributed by atoms with van der Waals surface area (Å²) in [6.07, 6.45) is 4.81. The second-order valence-electron chi connectivity index (χ2n) is 11.6. The van der Waals surface area contributed by atoms with Gasteiger partial charge in [0.05, 0.1) is 30.5 Å². The van der Waals surface area contributed by atoms with Gasteiger partial charge in [0.25, 0.3) is 5.78 Å². The minimum atomic E-state index is -1.07. The molecule has 1 unspecified atom stereocenters. The van der Waals surface area contributed by atoms with Crippen molar-refractivity contribution in [3.8, 4) is 11.5 Å². The van der Waals surface area contributed by atoms with Gasteiger partial charge in [-0.2, -0.15) is 0 Å². The Kier molecular flexibility index (Phi) is 10.3. The molecule has 0 aliphatic carbocycles. The van der Waals surface area contributed by atoms with E-state index < -0.39 is 17.7 Å². The number of ketones is 1. The number of thioether (sulfide) groups is 1. The van der Waals surface area contributed by atoms with Crippen molar-refractivity contribution in [1.29, 1.82) is 0 Å². The molecule has 0 radical (unpaired) electrons. The lowest BCUT2D eigenvalue weighted by Gasteiger charge is -2.23. The first-order valence-corrected chi connectivity index (χ1v) is 17.9. The van der Waals surface area contributed by atoms with Crippen LogP contribution in [-0.4, -0.2) is 49.6 Å². The molecule has 1 saturated heterocycles. The number of aliphatic hydroxyl groups excluding tert-OH is 1. The molecule has 1 N–H and O–H groups in total. The molecule has 0 spiro atoms. The predicted octanol–water partition coefficient (Wildman–Crippen LogP) is 7.83. The molecule has 1 fully saturated rings. The zero-order valence-corrected chi connectivity index (χ0v) is 29.2. The third kappa shape index (κ3) is 6.90. The monoisotopic (exact) mass is 701 g/mol. The first-order chi connectivity index (χ1) is 23.7. The quantitative estimate of drug-likeness (QED) is 0.0327. The summed E-state index contributed by atoms with van der Waals surface area (Å²) in [7, 11) is 0. The number of pyridine rings is 1. The third-order valence-electron chi connectivity index (χ3n) is 8.22. The van der Waals surface area contributed by atoms with Crippen molar-refractivity contribution in [3.63, 3.8) is 0 Å². The number of ether oxygens (including phenoxy) is 2. The first-order valence-electron chi connectivity index (χ1n) is 16.1. The van der Waals surface area contributed by atoms with Crippen molar-refractivity contribution in [2.45, 2.75) is 63.1 Å². The normalized spacial score (nSPS) is 15.8. The fourth-order valence-electron chi connectivity index (χ4n) is 5.72. The third-order valence-corrected chi connectivity index (χ3v) is 10.3. The molecule has 2 aromatic carbocycles.